The van der Waals surface area contributed by atoms with Gasteiger partial charge in [0.25, 0.3) is 5.91 Å². The van der Waals surface area contributed by atoms with E-state index < -0.39 is 11.7 Å². The molecule has 0 saturated carbocycles. The number of alkyl halides is 3. The summed E-state index contributed by atoms with van der Waals surface area (Å²) < 4.78 is 44.0. The van der Waals surface area contributed by atoms with Crippen LogP contribution >= 0.6 is 0 Å². The van der Waals surface area contributed by atoms with E-state index in [0.29, 0.717) is 37.2 Å². The fourth-order valence-corrected chi connectivity index (χ4v) is 2.94. The molecule has 1 aliphatic heterocycles. The van der Waals surface area contributed by atoms with Crippen LogP contribution in [-0.2, 0) is 28.7 Å². The molecule has 3 nitrogen and oxygen atoms in total. The molecule has 0 bridgehead atoms. The van der Waals surface area contributed by atoms with Crippen LogP contribution in [0.25, 0.3) is 0 Å². The van der Waals surface area contributed by atoms with E-state index >= 15 is 0 Å². The summed E-state index contributed by atoms with van der Waals surface area (Å²) in [6, 6.07) is 13.0. The Morgan fingerprint density at radius 3 is 2.60 bits per heavy atom. The molecule has 0 atom stereocenters. The second-order valence-corrected chi connectivity index (χ2v) is 5.97. The molecule has 0 fully saturated rings. The highest BCUT2D eigenvalue weighted by Gasteiger charge is 2.32. The quantitative estimate of drug-likeness (QED) is 0.828. The lowest BCUT2D eigenvalue weighted by atomic mass is 9.99. The van der Waals surface area contributed by atoms with Crippen LogP contribution in [0.2, 0.25) is 0 Å². The Bertz CT molecular complexity index is 744. The van der Waals surface area contributed by atoms with E-state index in [-0.39, 0.29) is 12.5 Å². The first kappa shape index (κ1) is 17.5. The van der Waals surface area contributed by atoms with E-state index in [0.717, 1.165) is 17.7 Å². The zero-order valence-corrected chi connectivity index (χ0v) is 13.6. The van der Waals surface area contributed by atoms with Crippen molar-refractivity contribution in [3.63, 3.8) is 0 Å². The van der Waals surface area contributed by atoms with Gasteiger partial charge in [0.2, 0.25) is 0 Å². The molecule has 1 amide bonds. The Balaban J connectivity index is 1.66. The molecule has 0 spiro atoms. The highest BCUT2D eigenvalue weighted by Crippen LogP contribution is 2.35. The highest BCUT2D eigenvalue weighted by atomic mass is 19.4. The van der Waals surface area contributed by atoms with Gasteiger partial charge in [0.15, 0.2) is 0 Å². The summed E-state index contributed by atoms with van der Waals surface area (Å²) in [5, 5.41) is 0. The van der Waals surface area contributed by atoms with Crippen LogP contribution in [-0.4, -0.2) is 19.1 Å². The number of ether oxygens (including phenoxy) is 1. The molecule has 0 aliphatic carbocycles. The lowest BCUT2D eigenvalue weighted by molar-refractivity contribution is -0.137. The molecule has 1 aliphatic rings. The Labute approximate surface area is 144 Å². The van der Waals surface area contributed by atoms with Crippen LogP contribution in [0, 0.1) is 0 Å². The van der Waals surface area contributed by atoms with Gasteiger partial charge in [0, 0.05) is 12.2 Å². The van der Waals surface area contributed by atoms with Crippen molar-refractivity contribution in [2.75, 3.05) is 18.1 Å². The summed E-state index contributed by atoms with van der Waals surface area (Å²) in [5.74, 6) is -0.239. The van der Waals surface area contributed by atoms with E-state index in [1.165, 1.54) is 11.0 Å². The maximum Gasteiger partial charge on any atom is 0.416 e. The molecule has 0 N–H and O–H groups in total. The van der Waals surface area contributed by atoms with Gasteiger partial charge in [-0.3, -0.25) is 4.79 Å². The molecule has 25 heavy (non-hydrogen) atoms. The van der Waals surface area contributed by atoms with E-state index in [9.17, 15) is 18.0 Å². The molecule has 132 valence electrons. The molecule has 2 aromatic carbocycles. The van der Waals surface area contributed by atoms with Crippen LogP contribution in [0.4, 0.5) is 18.9 Å². The van der Waals surface area contributed by atoms with Gasteiger partial charge in [-0.25, -0.2) is 0 Å². The Morgan fingerprint density at radius 2 is 1.88 bits per heavy atom. The average molecular weight is 349 g/mol. The lowest BCUT2D eigenvalue weighted by Gasteiger charge is -2.30. The lowest BCUT2D eigenvalue weighted by Crippen LogP contribution is -2.38. The van der Waals surface area contributed by atoms with Gasteiger partial charge in [-0.15, -0.1) is 0 Å². The second-order valence-electron chi connectivity index (χ2n) is 5.97. The van der Waals surface area contributed by atoms with E-state index in [1.807, 2.05) is 30.3 Å². The maximum atomic E-state index is 12.8. The van der Waals surface area contributed by atoms with Gasteiger partial charge in [-0.1, -0.05) is 30.3 Å². The van der Waals surface area contributed by atoms with Crippen molar-refractivity contribution in [2.24, 2.45) is 0 Å². The number of carbonyl (C=O) groups excluding carboxylic acids is 1. The summed E-state index contributed by atoms with van der Waals surface area (Å²) in [7, 11) is 0. The first-order chi connectivity index (χ1) is 11.9. The van der Waals surface area contributed by atoms with Gasteiger partial charge >= 0.3 is 6.18 Å². The highest BCUT2D eigenvalue weighted by molar-refractivity contribution is 5.95. The summed E-state index contributed by atoms with van der Waals surface area (Å²) in [4.78, 5) is 13.9. The van der Waals surface area contributed by atoms with Gasteiger partial charge in [0.1, 0.15) is 6.61 Å². The minimum atomic E-state index is -4.37. The molecular formula is C19H18F3NO2. The van der Waals surface area contributed by atoms with Crippen LogP contribution < -0.4 is 4.90 Å². The van der Waals surface area contributed by atoms with Crippen LogP contribution in [0.1, 0.15) is 23.1 Å². The minimum Gasteiger partial charge on any atom is -0.367 e. The topological polar surface area (TPSA) is 29.5 Å². The van der Waals surface area contributed by atoms with Crippen molar-refractivity contribution >= 4 is 11.6 Å². The number of fused-ring (bicyclic) bond motifs is 1. The zero-order chi connectivity index (χ0) is 17.9. The molecule has 0 aromatic heterocycles. The molecular weight excluding hydrogens is 331 g/mol. The normalized spacial score (nSPS) is 14.3. The van der Waals surface area contributed by atoms with Crippen molar-refractivity contribution in [2.45, 2.75) is 25.6 Å². The number of aryl methyl sites for hydroxylation is 1. The van der Waals surface area contributed by atoms with Gasteiger partial charge in [0.05, 0.1) is 12.2 Å². The maximum absolute atomic E-state index is 12.8. The van der Waals surface area contributed by atoms with E-state index in [4.69, 9.17) is 4.74 Å². The number of amides is 1. The van der Waals surface area contributed by atoms with Gasteiger partial charge in [-0.2, -0.15) is 13.2 Å². The van der Waals surface area contributed by atoms with E-state index in [2.05, 4.69) is 0 Å². The van der Waals surface area contributed by atoms with Crippen LogP contribution in [0.5, 0.6) is 0 Å². The predicted octanol–water partition coefficient (Wildman–Crippen LogP) is 4.20. The average Bonchev–Trinajstić information content (AvgIpc) is 2.60. The third kappa shape index (κ3) is 4.20. The van der Waals surface area contributed by atoms with Crippen molar-refractivity contribution in [3.05, 3.63) is 65.2 Å². The zero-order valence-electron chi connectivity index (χ0n) is 13.6. The van der Waals surface area contributed by atoms with Gasteiger partial charge in [-0.05, 0) is 42.2 Å². The molecule has 6 heteroatoms. The number of nitrogens with zero attached hydrogens (tertiary/aromatic N) is 1. The van der Waals surface area contributed by atoms with Crippen LogP contribution in [0.15, 0.2) is 48.5 Å². The van der Waals surface area contributed by atoms with Gasteiger partial charge < -0.3 is 9.64 Å². The number of rotatable bonds is 4. The number of benzene rings is 2. The molecule has 3 rings (SSSR count). The summed E-state index contributed by atoms with van der Waals surface area (Å²) in [6.45, 7) is 0.710. The largest absolute Gasteiger partial charge is 0.416 e. The number of halogens is 3. The number of anilines is 1. The Kier molecular flexibility index (Phi) is 5.08. The van der Waals surface area contributed by atoms with E-state index in [1.54, 1.807) is 0 Å². The van der Waals surface area contributed by atoms with Crippen molar-refractivity contribution in [3.8, 4) is 0 Å². The fourth-order valence-electron chi connectivity index (χ4n) is 2.94. The summed E-state index contributed by atoms with van der Waals surface area (Å²) in [5.41, 5.74) is 1.38. The number of carbonyl (C=O) groups is 1. The SMILES string of the molecule is O=C(COCc1ccccc1)N1CCCc2cc(C(F)(F)F)ccc21. The van der Waals surface area contributed by atoms with Crippen LogP contribution in [0.3, 0.4) is 0 Å². The van der Waals surface area contributed by atoms with Crippen molar-refractivity contribution in [1.29, 1.82) is 0 Å². The second kappa shape index (κ2) is 7.27. The Hall–Kier alpha value is -2.34. The fraction of sp³-hybridized carbons (Fsp3) is 0.316. The third-order valence-electron chi connectivity index (χ3n) is 4.16. The Morgan fingerprint density at radius 1 is 1.12 bits per heavy atom. The first-order valence-corrected chi connectivity index (χ1v) is 8.07. The molecule has 2 aromatic rings. The third-order valence-corrected chi connectivity index (χ3v) is 4.16. The number of hydrogen-bond acceptors (Lipinski definition) is 2. The first-order valence-electron chi connectivity index (χ1n) is 8.07. The smallest absolute Gasteiger partial charge is 0.367 e. The summed E-state index contributed by atoms with van der Waals surface area (Å²) in [6.07, 6.45) is -3.20. The molecule has 0 saturated heterocycles. The summed E-state index contributed by atoms with van der Waals surface area (Å²) >= 11 is 0. The van der Waals surface area contributed by atoms with Crippen molar-refractivity contribution in [1.82, 2.24) is 0 Å². The molecule has 0 unspecified atom stereocenters. The van der Waals surface area contributed by atoms with Crippen molar-refractivity contribution < 1.29 is 22.7 Å². The predicted molar refractivity (Wildman–Crippen MR) is 88.2 cm³/mol. The minimum absolute atomic E-state index is 0.102. The monoisotopic (exact) mass is 349 g/mol. The molecule has 1 heterocycles. The number of hydrogen-bond donors (Lipinski definition) is 0. The standard InChI is InChI=1S/C19H18F3NO2/c20-19(21,22)16-8-9-17-15(11-16)7-4-10-23(17)18(24)13-25-12-14-5-2-1-3-6-14/h1-3,5-6,8-9,11H,4,7,10,12-13H2. The molecule has 0 radical (unpaired) electrons.